The number of halogens is 1. The lowest BCUT2D eigenvalue weighted by Crippen LogP contribution is -2.04. The summed E-state index contributed by atoms with van der Waals surface area (Å²) in [6, 6.07) is 15.4. The number of carboxylic acid groups (broad SMARTS) is 1. The fourth-order valence-corrected chi connectivity index (χ4v) is 2.90. The fraction of sp³-hybridized carbons (Fsp3) is 0. The van der Waals surface area contributed by atoms with Gasteiger partial charge in [0.2, 0.25) is 0 Å². The number of carbonyl (C=O) groups is 1. The summed E-state index contributed by atoms with van der Waals surface area (Å²) in [6.07, 6.45) is 0. The quantitative estimate of drug-likeness (QED) is 0.350. The van der Waals surface area contributed by atoms with E-state index in [1.807, 2.05) is 36.4 Å². The molecule has 3 aromatic carbocycles. The van der Waals surface area contributed by atoms with Crippen LogP contribution in [0.15, 0.2) is 54.6 Å². The average Bonchev–Trinajstić information content (AvgIpc) is 2.54. The van der Waals surface area contributed by atoms with Crippen molar-refractivity contribution in [1.82, 2.24) is 0 Å². The van der Waals surface area contributed by atoms with Crippen LogP contribution in [0.3, 0.4) is 0 Å². The van der Waals surface area contributed by atoms with Crippen LogP contribution in [-0.2, 0) is 0 Å². The second-order valence-electron chi connectivity index (χ2n) is 5.12. The summed E-state index contributed by atoms with van der Waals surface area (Å²) in [6.45, 7) is 0. The molecular formula is C17H11IN2O4. The van der Waals surface area contributed by atoms with Crippen molar-refractivity contribution < 1.29 is 14.8 Å². The van der Waals surface area contributed by atoms with Gasteiger partial charge in [0.25, 0.3) is 5.69 Å². The van der Waals surface area contributed by atoms with Gasteiger partial charge < -0.3 is 10.4 Å². The van der Waals surface area contributed by atoms with Gasteiger partial charge in [0.1, 0.15) is 0 Å². The molecule has 7 heteroatoms. The summed E-state index contributed by atoms with van der Waals surface area (Å²) in [7, 11) is 0. The highest BCUT2D eigenvalue weighted by Gasteiger charge is 2.16. The molecule has 120 valence electrons. The van der Waals surface area contributed by atoms with E-state index < -0.39 is 10.9 Å². The lowest BCUT2D eigenvalue weighted by atomic mass is 10.1. The number of hydrogen-bond donors (Lipinski definition) is 2. The third-order valence-electron chi connectivity index (χ3n) is 3.53. The maximum atomic E-state index is 11.4. The Kier molecular flexibility index (Phi) is 4.34. The molecule has 0 fully saturated rings. The minimum Gasteiger partial charge on any atom is -0.478 e. The summed E-state index contributed by atoms with van der Waals surface area (Å²) in [5, 5.41) is 25.2. The Morgan fingerprint density at radius 1 is 1.04 bits per heavy atom. The van der Waals surface area contributed by atoms with Crippen molar-refractivity contribution in [2.45, 2.75) is 0 Å². The molecule has 24 heavy (non-hydrogen) atoms. The molecule has 0 aliphatic heterocycles. The second kappa shape index (κ2) is 6.44. The number of fused-ring (bicyclic) bond motifs is 1. The van der Waals surface area contributed by atoms with E-state index in [9.17, 15) is 20.0 Å². The van der Waals surface area contributed by atoms with Gasteiger partial charge >= 0.3 is 5.97 Å². The number of benzene rings is 3. The number of anilines is 2. The largest absolute Gasteiger partial charge is 0.478 e. The van der Waals surface area contributed by atoms with Gasteiger partial charge in [-0.05, 0) is 63.7 Å². The molecule has 0 saturated carbocycles. The maximum Gasteiger partial charge on any atom is 0.338 e. The Labute approximate surface area is 150 Å². The second-order valence-corrected chi connectivity index (χ2v) is 6.37. The number of nitro groups is 1. The molecule has 0 atom stereocenters. The normalized spacial score (nSPS) is 10.5. The monoisotopic (exact) mass is 434 g/mol. The van der Waals surface area contributed by atoms with Gasteiger partial charge in [-0.3, -0.25) is 10.1 Å². The van der Waals surface area contributed by atoms with Gasteiger partial charge in [-0.25, -0.2) is 4.79 Å². The Morgan fingerprint density at radius 3 is 2.50 bits per heavy atom. The molecular weight excluding hydrogens is 423 g/mol. The van der Waals surface area contributed by atoms with Gasteiger partial charge in [0.05, 0.1) is 16.2 Å². The zero-order valence-corrected chi connectivity index (χ0v) is 14.4. The van der Waals surface area contributed by atoms with Crippen LogP contribution in [0.5, 0.6) is 0 Å². The zero-order valence-electron chi connectivity index (χ0n) is 12.2. The number of nitro benzene ring substituents is 1. The molecule has 0 bridgehead atoms. The summed E-state index contributed by atoms with van der Waals surface area (Å²) in [5.41, 5.74) is 0.608. The Balaban J connectivity index is 2.01. The first-order chi connectivity index (χ1) is 11.4. The predicted molar refractivity (Wildman–Crippen MR) is 100 cm³/mol. The minimum absolute atomic E-state index is 0.146. The van der Waals surface area contributed by atoms with E-state index in [1.54, 1.807) is 0 Å². The van der Waals surface area contributed by atoms with Crippen molar-refractivity contribution in [2.75, 3.05) is 5.32 Å². The van der Waals surface area contributed by atoms with Crippen LogP contribution in [0.1, 0.15) is 10.4 Å². The maximum absolute atomic E-state index is 11.4. The van der Waals surface area contributed by atoms with E-state index in [-0.39, 0.29) is 11.3 Å². The summed E-state index contributed by atoms with van der Waals surface area (Å²) in [4.78, 5) is 21.6. The van der Waals surface area contributed by atoms with Gasteiger partial charge in [0, 0.05) is 21.4 Å². The van der Waals surface area contributed by atoms with E-state index in [0.29, 0.717) is 11.4 Å². The molecule has 3 aromatic rings. The number of hydrogen-bond acceptors (Lipinski definition) is 4. The summed E-state index contributed by atoms with van der Waals surface area (Å²) < 4.78 is 1.10. The molecule has 0 unspecified atom stereocenters. The van der Waals surface area contributed by atoms with E-state index in [2.05, 4.69) is 27.9 Å². The standard InChI is InChI=1S/C17H11IN2O4/c18-12-3-1-10-2-4-13(8-11(10)7-12)19-16-6-5-14(20(23)24)9-15(16)17(21)22/h1-9,19H,(H,21,22). The molecule has 0 heterocycles. The van der Waals surface area contributed by atoms with Crippen LogP contribution >= 0.6 is 22.6 Å². The van der Waals surface area contributed by atoms with E-state index in [0.717, 1.165) is 20.4 Å². The smallest absolute Gasteiger partial charge is 0.338 e. The van der Waals surface area contributed by atoms with Crippen molar-refractivity contribution in [2.24, 2.45) is 0 Å². The van der Waals surface area contributed by atoms with Crippen molar-refractivity contribution in [3.05, 3.63) is 73.8 Å². The Hall–Kier alpha value is -2.68. The summed E-state index contributed by atoms with van der Waals surface area (Å²) >= 11 is 2.22. The van der Waals surface area contributed by atoms with Crippen LogP contribution < -0.4 is 5.32 Å². The minimum atomic E-state index is -1.23. The van der Waals surface area contributed by atoms with Crippen LogP contribution in [0, 0.1) is 13.7 Å². The van der Waals surface area contributed by atoms with E-state index in [1.165, 1.54) is 12.1 Å². The van der Waals surface area contributed by atoms with Crippen LogP contribution in [0.2, 0.25) is 0 Å². The molecule has 3 rings (SSSR count). The van der Waals surface area contributed by atoms with Crippen molar-refractivity contribution in [3.8, 4) is 0 Å². The highest BCUT2D eigenvalue weighted by atomic mass is 127. The molecule has 0 aliphatic carbocycles. The SMILES string of the molecule is O=C(O)c1cc([N+](=O)[O-])ccc1Nc1ccc2ccc(I)cc2c1. The van der Waals surface area contributed by atoms with E-state index in [4.69, 9.17) is 0 Å². The highest BCUT2D eigenvalue weighted by Crippen LogP contribution is 2.28. The lowest BCUT2D eigenvalue weighted by molar-refractivity contribution is -0.384. The Morgan fingerprint density at radius 2 is 1.79 bits per heavy atom. The molecule has 0 radical (unpaired) electrons. The lowest BCUT2D eigenvalue weighted by Gasteiger charge is -2.10. The number of rotatable bonds is 4. The van der Waals surface area contributed by atoms with E-state index >= 15 is 0 Å². The molecule has 6 nitrogen and oxygen atoms in total. The molecule has 0 aliphatic rings. The predicted octanol–water partition coefficient (Wildman–Crippen LogP) is 4.79. The van der Waals surface area contributed by atoms with Crippen molar-refractivity contribution >= 4 is 56.4 Å². The first-order valence-electron chi connectivity index (χ1n) is 6.92. The summed E-state index contributed by atoms with van der Waals surface area (Å²) in [5.74, 6) is -1.23. The van der Waals surface area contributed by atoms with Gasteiger partial charge in [-0.1, -0.05) is 12.1 Å². The number of non-ortho nitro benzene ring substituents is 1. The molecule has 2 N–H and O–H groups in total. The first kappa shape index (κ1) is 16.2. The first-order valence-corrected chi connectivity index (χ1v) is 8.00. The number of nitrogens with zero attached hydrogens (tertiary/aromatic N) is 1. The molecule has 0 amide bonds. The average molecular weight is 434 g/mol. The van der Waals surface area contributed by atoms with Gasteiger partial charge in [-0.2, -0.15) is 0 Å². The van der Waals surface area contributed by atoms with Crippen molar-refractivity contribution in [1.29, 1.82) is 0 Å². The molecule has 0 saturated heterocycles. The van der Waals surface area contributed by atoms with Crippen molar-refractivity contribution in [3.63, 3.8) is 0 Å². The van der Waals surface area contributed by atoms with Gasteiger partial charge in [0.15, 0.2) is 0 Å². The Bertz CT molecular complexity index is 972. The third kappa shape index (κ3) is 3.30. The third-order valence-corrected chi connectivity index (χ3v) is 4.20. The van der Waals surface area contributed by atoms with Crippen LogP contribution in [0.25, 0.3) is 10.8 Å². The van der Waals surface area contributed by atoms with Crippen LogP contribution in [-0.4, -0.2) is 16.0 Å². The molecule has 0 aromatic heterocycles. The number of carboxylic acids is 1. The highest BCUT2D eigenvalue weighted by molar-refractivity contribution is 14.1. The number of aromatic carboxylic acids is 1. The fourth-order valence-electron chi connectivity index (χ4n) is 2.38. The zero-order chi connectivity index (χ0) is 17.3. The topological polar surface area (TPSA) is 92.5 Å². The molecule has 0 spiro atoms. The number of nitrogens with one attached hydrogen (secondary N) is 1. The van der Waals surface area contributed by atoms with Crippen LogP contribution in [0.4, 0.5) is 17.1 Å². The van der Waals surface area contributed by atoms with Gasteiger partial charge in [-0.15, -0.1) is 0 Å².